The Labute approximate surface area is 235 Å². The van der Waals surface area contributed by atoms with Gasteiger partial charge in [0.1, 0.15) is 5.75 Å². The monoisotopic (exact) mass is 558 g/mol. The van der Waals surface area contributed by atoms with Crippen LogP contribution in [0.25, 0.3) is 10.8 Å². The standard InChI is InChI=1S/C32H34N2O5S/c1-22-9-5-6-13-30(22)40(37,38)33-32(36)27-18-17-26(29(21-27)39-4)20-25-12-8-11-24-16-15-23(19-28(24)25)10-7-14-31(35)34(2)3/h5-6,8-9,11-13,15-19,21H,7,10,14,20H2,1-4H3,(H,33,36). The Balaban J connectivity index is 1.55. The van der Waals surface area contributed by atoms with E-state index in [2.05, 4.69) is 35.1 Å². The van der Waals surface area contributed by atoms with Gasteiger partial charge in [-0.15, -0.1) is 0 Å². The van der Waals surface area contributed by atoms with Gasteiger partial charge in [-0.25, -0.2) is 13.1 Å². The van der Waals surface area contributed by atoms with E-state index in [1.165, 1.54) is 18.7 Å². The average Bonchev–Trinajstić information content (AvgIpc) is 2.93. The number of benzene rings is 4. The summed E-state index contributed by atoms with van der Waals surface area (Å²) in [5.74, 6) is -0.106. The number of hydrogen-bond donors (Lipinski definition) is 1. The van der Waals surface area contributed by atoms with Crippen LogP contribution in [0.1, 0.15) is 45.5 Å². The quantitative estimate of drug-likeness (QED) is 0.286. The Morgan fingerprint density at radius 3 is 2.40 bits per heavy atom. The van der Waals surface area contributed by atoms with E-state index in [1.807, 2.05) is 6.07 Å². The van der Waals surface area contributed by atoms with Crippen molar-refractivity contribution in [3.8, 4) is 5.75 Å². The molecule has 208 valence electrons. The van der Waals surface area contributed by atoms with Gasteiger partial charge in [-0.2, -0.15) is 0 Å². The van der Waals surface area contributed by atoms with Crippen LogP contribution in [-0.4, -0.2) is 46.3 Å². The average molecular weight is 559 g/mol. The highest BCUT2D eigenvalue weighted by Gasteiger charge is 2.21. The van der Waals surface area contributed by atoms with Gasteiger partial charge in [0.25, 0.3) is 15.9 Å². The van der Waals surface area contributed by atoms with E-state index >= 15 is 0 Å². The normalized spacial score (nSPS) is 11.3. The fraction of sp³-hybridized carbons (Fsp3) is 0.250. The molecule has 0 bridgehead atoms. The van der Waals surface area contributed by atoms with E-state index in [0.717, 1.165) is 34.7 Å². The van der Waals surface area contributed by atoms with Crippen molar-refractivity contribution in [2.24, 2.45) is 0 Å². The Kier molecular flexibility index (Phi) is 8.90. The van der Waals surface area contributed by atoms with Crippen molar-refractivity contribution < 1.29 is 22.7 Å². The maximum absolute atomic E-state index is 12.9. The molecule has 0 saturated carbocycles. The molecule has 0 radical (unpaired) electrons. The Bertz CT molecular complexity index is 1660. The van der Waals surface area contributed by atoms with Gasteiger partial charge >= 0.3 is 0 Å². The number of fused-ring (bicyclic) bond motifs is 1. The second kappa shape index (κ2) is 12.3. The van der Waals surface area contributed by atoms with Crippen LogP contribution >= 0.6 is 0 Å². The SMILES string of the molecule is COc1cc(C(=O)NS(=O)(=O)c2ccccc2C)ccc1Cc1cccc2ccc(CCCC(=O)N(C)C)cc12. The molecule has 1 N–H and O–H groups in total. The van der Waals surface area contributed by atoms with Crippen molar-refractivity contribution in [3.05, 3.63) is 107 Å². The minimum absolute atomic E-state index is 0.0616. The van der Waals surface area contributed by atoms with Crippen molar-refractivity contribution in [1.29, 1.82) is 0 Å². The van der Waals surface area contributed by atoms with Crippen LogP contribution < -0.4 is 9.46 Å². The second-order valence-corrected chi connectivity index (χ2v) is 11.7. The minimum Gasteiger partial charge on any atom is -0.496 e. The summed E-state index contributed by atoms with van der Waals surface area (Å²) in [4.78, 5) is 26.5. The summed E-state index contributed by atoms with van der Waals surface area (Å²) in [6.45, 7) is 1.68. The van der Waals surface area contributed by atoms with E-state index in [1.54, 1.807) is 62.3 Å². The molecule has 0 aliphatic carbocycles. The highest BCUT2D eigenvalue weighted by atomic mass is 32.2. The minimum atomic E-state index is -4.02. The number of amides is 2. The van der Waals surface area contributed by atoms with Gasteiger partial charge in [0.15, 0.2) is 0 Å². The fourth-order valence-corrected chi connectivity index (χ4v) is 5.91. The maximum atomic E-state index is 12.9. The summed E-state index contributed by atoms with van der Waals surface area (Å²) >= 11 is 0. The first-order valence-corrected chi connectivity index (χ1v) is 14.6. The smallest absolute Gasteiger partial charge is 0.265 e. The van der Waals surface area contributed by atoms with Crippen LogP contribution in [0.15, 0.2) is 83.8 Å². The first-order chi connectivity index (χ1) is 19.1. The lowest BCUT2D eigenvalue weighted by Gasteiger charge is -2.14. The Morgan fingerprint density at radius 1 is 0.900 bits per heavy atom. The van der Waals surface area contributed by atoms with Crippen molar-refractivity contribution >= 4 is 32.6 Å². The molecule has 0 spiro atoms. The molecule has 0 unspecified atom stereocenters. The molecular formula is C32H34N2O5S. The number of sulfonamides is 1. The van der Waals surface area contributed by atoms with Crippen molar-refractivity contribution in [1.82, 2.24) is 9.62 Å². The zero-order chi connectivity index (χ0) is 28.9. The molecule has 0 aromatic heterocycles. The number of nitrogens with zero attached hydrogens (tertiary/aromatic N) is 1. The van der Waals surface area contributed by atoms with E-state index in [-0.39, 0.29) is 16.4 Å². The lowest BCUT2D eigenvalue weighted by molar-refractivity contribution is -0.128. The first-order valence-electron chi connectivity index (χ1n) is 13.1. The zero-order valence-corrected chi connectivity index (χ0v) is 24.0. The molecule has 0 heterocycles. The third-order valence-electron chi connectivity index (χ3n) is 6.93. The topological polar surface area (TPSA) is 92.8 Å². The molecule has 2 amide bonds. The van der Waals surface area contributed by atoms with Crippen LogP contribution in [0, 0.1) is 6.92 Å². The molecule has 0 fully saturated rings. The molecule has 8 heteroatoms. The lowest BCUT2D eigenvalue weighted by atomic mass is 9.95. The van der Waals surface area contributed by atoms with Gasteiger partial charge in [0.05, 0.1) is 12.0 Å². The van der Waals surface area contributed by atoms with Gasteiger partial charge < -0.3 is 9.64 Å². The van der Waals surface area contributed by atoms with Crippen LogP contribution in [0.4, 0.5) is 0 Å². The van der Waals surface area contributed by atoms with E-state index in [9.17, 15) is 18.0 Å². The van der Waals surface area contributed by atoms with E-state index < -0.39 is 15.9 Å². The number of nitrogens with one attached hydrogen (secondary N) is 1. The van der Waals surface area contributed by atoms with Gasteiger partial charge in [0, 0.05) is 32.5 Å². The van der Waals surface area contributed by atoms with Gasteiger partial charge in [-0.1, -0.05) is 60.7 Å². The van der Waals surface area contributed by atoms with Crippen LogP contribution in [0.3, 0.4) is 0 Å². The summed E-state index contributed by atoms with van der Waals surface area (Å²) in [5.41, 5.74) is 3.87. The van der Waals surface area contributed by atoms with Crippen molar-refractivity contribution in [2.45, 2.75) is 37.5 Å². The summed E-state index contributed by atoms with van der Waals surface area (Å²) in [6, 6.07) is 24.0. The molecule has 4 aromatic carbocycles. The lowest BCUT2D eigenvalue weighted by Crippen LogP contribution is -2.31. The third-order valence-corrected chi connectivity index (χ3v) is 8.42. The number of methoxy groups -OCH3 is 1. The predicted molar refractivity (Wildman–Crippen MR) is 157 cm³/mol. The molecule has 40 heavy (non-hydrogen) atoms. The highest BCUT2D eigenvalue weighted by molar-refractivity contribution is 7.90. The molecule has 0 atom stereocenters. The van der Waals surface area contributed by atoms with Gasteiger partial charge in [0.2, 0.25) is 5.91 Å². The molecule has 0 aliphatic rings. The number of rotatable bonds is 10. The summed E-state index contributed by atoms with van der Waals surface area (Å²) in [5, 5.41) is 2.23. The summed E-state index contributed by atoms with van der Waals surface area (Å²) in [6.07, 6.45) is 2.66. The van der Waals surface area contributed by atoms with Gasteiger partial charge in [-0.05, 0) is 71.0 Å². The molecular weight excluding hydrogens is 524 g/mol. The summed E-state index contributed by atoms with van der Waals surface area (Å²) < 4.78 is 33.4. The molecule has 4 aromatic rings. The van der Waals surface area contributed by atoms with Crippen LogP contribution in [-0.2, 0) is 27.7 Å². The molecule has 7 nitrogen and oxygen atoms in total. The molecule has 4 rings (SSSR count). The Morgan fingerprint density at radius 2 is 1.68 bits per heavy atom. The van der Waals surface area contributed by atoms with E-state index in [4.69, 9.17) is 4.74 Å². The first kappa shape index (κ1) is 28.8. The number of carbonyl (C=O) groups is 2. The number of carbonyl (C=O) groups excluding carboxylic acids is 2. The number of ether oxygens (including phenoxy) is 1. The Hall–Kier alpha value is -4.17. The maximum Gasteiger partial charge on any atom is 0.265 e. The molecule has 0 aliphatic heterocycles. The zero-order valence-electron chi connectivity index (χ0n) is 23.2. The predicted octanol–water partition coefficient (Wildman–Crippen LogP) is 5.28. The largest absolute Gasteiger partial charge is 0.496 e. The summed E-state index contributed by atoms with van der Waals surface area (Å²) in [7, 11) is 1.04. The van der Waals surface area contributed by atoms with Crippen LogP contribution in [0.5, 0.6) is 5.75 Å². The second-order valence-electron chi connectivity index (χ2n) is 10.0. The van der Waals surface area contributed by atoms with Crippen molar-refractivity contribution in [3.63, 3.8) is 0 Å². The highest BCUT2D eigenvalue weighted by Crippen LogP contribution is 2.28. The van der Waals surface area contributed by atoms with Gasteiger partial charge in [-0.3, -0.25) is 9.59 Å². The third kappa shape index (κ3) is 6.69. The van der Waals surface area contributed by atoms with Crippen LogP contribution in [0.2, 0.25) is 0 Å². The number of aryl methyl sites for hydroxylation is 2. The van der Waals surface area contributed by atoms with Crippen molar-refractivity contribution in [2.75, 3.05) is 21.2 Å². The fourth-order valence-electron chi connectivity index (χ4n) is 4.69. The van der Waals surface area contributed by atoms with E-state index in [0.29, 0.717) is 24.2 Å². The number of hydrogen-bond acceptors (Lipinski definition) is 5. The molecule has 0 saturated heterocycles.